The van der Waals surface area contributed by atoms with Gasteiger partial charge in [-0.25, -0.2) is 19.3 Å². The largest absolute Gasteiger partial charge is 0.353 e. The molecule has 18 heavy (non-hydrogen) atoms. The molecule has 0 fully saturated rings. The van der Waals surface area contributed by atoms with E-state index in [2.05, 4.69) is 49.9 Å². The van der Waals surface area contributed by atoms with Crippen molar-refractivity contribution < 1.29 is 0 Å². The average Bonchev–Trinajstić information content (AvgIpc) is 2.67. The van der Waals surface area contributed by atoms with Crippen LogP contribution in [0.5, 0.6) is 0 Å². The molecule has 98 valence electrons. The minimum absolute atomic E-state index is 0.252. The summed E-state index contributed by atoms with van der Waals surface area (Å²) in [5, 5.41) is 7.29. The zero-order valence-corrected chi connectivity index (χ0v) is 12.2. The molecule has 7 heteroatoms. The monoisotopic (exact) mass is 313 g/mol. The van der Waals surface area contributed by atoms with Gasteiger partial charge in [0.1, 0.15) is 11.6 Å². The number of hydrogen-bond acceptors (Lipinski definition) is 4. The first-order chi connectivity index (χ1) is 8.54. The number of nitrogens with one attached hydrogen (secondary N) is 1. The number of alkyl halides is 1. The summed E-state index contributed by atoms with van der Waals surface area (Å²) in [5.74, 6) is 1.48. The number of H-pyrrole nitrogens is 1. The number of hydrogen-bond donors (Lipinski definition) is 1. The average molecular weight is 314 g/mol. The van der Waals surface area contributed by atoms with Crippen LogP contribution in [0.3, 0.4) is 0 Å². The number of anilines is 1. The van der Waals surface area contributed by atoms with Gasteiger partial charge in [-0.2, -0.15) is 5.10 Å². The van der Waals surface area contributed by atoms with Gasteiger partial charge in [0.05, 0.1) is 0 Å². The number of aromatic amines is 1. The normalized spacial score (nSPS) is 11.4. The van der Waals surface area contributed by atoms with E-state index in [9.17, 15) is 4.79 Å². The maximum atomic E-state index is 11.5. The van der Waals surface area contributed by atoms with Crippen LogP contribution in [0, 0.1) is 6.92 Å². The molecule has 0 atom stereocenters. The molecule has 2 rings (SSSR count). The topological polar surface area (TPSA) is 66.3 Å². The Kier molecular flexibility index (Phi) is 3.70. The summed E-state index contributed by atoms with van der Waals surface area (Å²) in [4.78, 5) is 18.2. The fraction of sp³-hybridized carbons (Fsp3) is 0.545. The minimum Gasteiger partial charge on any atom is -0.353 e. The number of fused-ring (bicyclic) bond motifs is 1. The summed E-state index contributed by atoms with van der Waals surface area (Å²) < 4.78 is 1.47. The lowest BCUT2D eigenvalue weighted by molar-refractivity contribution is 0.693. The highest BCUT2D eigenvalue weighted by atomic mass is 79.9. The Labute approximate surface area is 113 Å². The lowest BCUT2D eigenvalue weighted by Crippen LogP contribution is -2.33. The summed E-state index contributed by atoms with van der Waals surface area (Å²) >= 11 is 3.44. The minimum atomic E-state index is -0.252. The van der Waals surface area contributed by atoms with Gasteiger partial charge in [-0.3, -0.25) is 0 Å². The summed E-state index contributed by atoms with van der Waals surface area (Å²) in [6, 6.07) is 2.16. The molecule has 0 saturated carbocycles. The highest BCUT2D eigenvalue weighted by Crippen LogP contribution is 2.16. The molecule has 0 aromatic carbocycles. The molecule has 0 bridgehead atoms. The highest BCUT2D eigenvalue weighted by Gasteiger charge is 2.14. The van der Waals surface area contributed by atoms with E-state index < -0.39 is 0 Å². The number of rotatable bonds is 4. The lowest BCUT2D eigenvalue weighted by atomic mass is 10.3. The maximum absolute atomic E-state index is 11.5. The third-order valence-electron chi connectivity index (χ3n) is 2.80. The van der Waals surface area contributed by atoms with Gasteiger partial charge < -0.3 is 4.90 Å². The molecule has 6 nitrogen and oxygen atoms in total. The Hall–Kier alpha value is -1.37. The molecule has 2 aromatic heterocycles. The van der Waals surface area contributed by atoms with Crippen LogP contribution in [0.15, 0.2) is 10.9 Å². The molecule has 2 aromatic rings. The van der Waals surface area contributed by atoms with Crippen LogP contribution in [0.2, 0.25) is 0 Å². The SMILES string of the molecule is Cc1nc(N(CCBr)C(C)C)cc2n[nH]c(=O)n12. The highest BCUT2D eigenvalue weighted by molar-refractivity contribution is 9.09. The predicted octanol–water partition coefficient (Wildman–Crippen LogP) is 1.34. The van der Waals surface area contributed by atoms with Gasteiger partial charge in [-0.1, -0.05) is 15.9 Å². The maximum Gasteiger partial charge on any atom is 0.349 e. The molecular formula is C11H16BrN5O. The summed E-state index contributed by atoms with van der Waals surface area (Å²) in [6.45, 7) is 6.89. The Morgan fingerprint density at radius 1 is 1.56 bits per heavy atom. The molecule has 0 saturated heterocycles. The molecule has 0 aliphatic carbocycles. The van der Waals surface area contributed by atoms with Crippen molar-refractivity contribution in [3.8, 4) is 0 Å². The van der Waals surface area contributed by atoms with Gasteiger partial charge in [0.2, 0.25) is 0 Å². The molecule has 0 aliphatic rings. The molecule has 0 unspecified atom stereocenters. The first-order valence-electron chi connectivity index (χ1n) is 5.82. The smallest absolute Gasteiger partial charge is 0.349 e. The van der Waals surface area contributed by atoms with Crippen LogP contribution in [-0.2, 0) is 0 Å². The van der Waals surface area contributed by atoms with E-state index in [-0.39, 0.29) is 5.69 Å². The number of halogens is 1. The van der Waals surface area contributed by atoms with Crippen molar-refractivity contribution in [2.45, 2.75) is 26.8 Å². The van der Waals surface area contributed by atoms with Gasteiger partial charge >= 0.3 is 5.69 Å². The van der Waals surface area contributed by atoms with E-state index >= 15 is 0 Å². The van der Waals surface area contributed by atoms with Crippen LogP contribution < -0.4 is 10.6 Å². The zero-order valence-electron chi connectivity index (χ0n) is 10.6. The third-order valence-corrected chi connectivity index (χ3v) is 3.15. The molecular weight excluding hydrogens is 298 g/mol. The summed E-state index contributed by atoms with van der Waals surface area (Å²) in [5.41, 5.74) is 0.348. The van der Waals surface area contributed by atoms with Crippen LogP contribution in [0.25, 0.3) is 5.65 Å². The van der Waals surface area contributed by atoms with Crippen molar-refractivity contribution >= 4 is 27.4 Å². The second-order valence-electron chi connectivity index (χ2n) is 4.36. The Bertz CT molecular complexity index is 603. The second-order valence-corrected chi connectivity index (χ2v) is 5.15. The van der Waals surface area contributed by atoms with Crippen LogP contribution in [-0.4, -0.2) is 37.5 Å². The molecule has 2 heterocycles. The van der Waals surface area contributed by atoms with Crippen LogP contribution >= 0.6 is 15.9 Å². The fourth-order valence-electron chi connectivity index (χ4n) is 1.96. The Morgan fingerprint density at radius 2 is 2.28 bits per heavy atom. The molecule has 1 N–H and O–H groups in total. The standard InChI is InChI=1S/C11H16BrN5O/c1-7(2)16(5-4-12)9-6-10-14-15-11(18)17(10)8(3)13-9/h6-7H,4-5H2,1-3H3,(H,15,18). The molecule has 0 radical (unpaired) electrons. The number of nitrogens with zero attached hydrogens (tertiary/aromatic N) is 4. The van der Waals surface area contributed by atoms with Crippen molar-refractivity contribution in [3.05, 3.63) is 22.4 Å². The van der Waals surface area contributed by atoms with Gasteiger partial charge in [0.25, 0.3) is 0 Å². The van der Waals surface area contributed by atoms with Gasteiger partial charge in [-0.05, 0) is 20.8 Å². The zero-order chi connectivity index (χ0) is 13.3. The van der Waals surface area contributed by atoms with Crippen LogP contribution in [0.4, 0.5) is 5.82 Å². The number of aryl methyl sites for hydroxylation is 1. The van der Waals surface area contributed by atoms with Crippen molar-refractivity contribution in [1.29, 1.82) is 0 Å². The van der Waals surface area contributed by atoms with E-state index in [1.54, 1.807) is 6.92 Å². The first kappa shape index (κ1) is 13.1. The van der Waals surface area contributed by atoms with Crippen molar-refractivity contribution in [1.82, 2.24) is 19.6 Å². The predicted molar refractivity (Wildman–Crippen MR) is 74.6 cm³/mol. The number of aromatic nitrogens is 4. The molecule has 0 aliphatic heterocycles. The fourth-order valence-corrected chi connectivity index (χ4v) is 2.34. The Balaban J connectivity index is 2.54. The second kappa shape index (κ2) is 5.09. The first-order valence-corrected chi connectivity index (χ1v) is 6.94. The summed E-state index contributed by atoms with van der Waals surface area (Å²) in [7, 11) is 0. The molecule has 0 amide bonds. The van der Waals surface area contributed by atoms with E-state index in [0.29, 0.717) is 17.5 Å². The van der Waals surface area contributed by atoms with E-state index in [0.717, 1.165) is 17.7 Å². The lowest BCUT2D eigenvalue weighted by Gasteiger charge is -2.27. The van der Waals surface area contributed by atoms with Crippen molar-refractivity contribution in [2.75, 3.05) is 16.8 Å². The van der Waals surface area contributed by atoms with Crippen molar-refractivity contribution in [3.63, 3.8) is 0 Å². The summed E-state index contributed by atoms with van der Waals surface area (Å²) in [6.07, 6.45) is 0. The van der Waals surface area contributed by atoms with E-state index in [1.807, 2.05) is 6.07 Å². The van der Waals surface area contributed by atoms with Gasteiger partial charge in [0.15, 0.2) is 5.65 Å². The quantitative estimate of drug-likeness (QED) is 0.865. The third kappa shape index (κ3) is 2.27. The van der Waals surface area contributed by atoms with Crippen LogP contribution in [0.1, 0.15) is 19.7 Å². The van der Waals surface area contributed by atoms with Crippen molar-refractivity contribution in [2.24, 2.45) is 0 Å². The van der Waals surface area contributed by atoms with E-state index in [4.69, 9.17) is 0 Å². The van der Waals surface area contributed by atoms with Gasteiger partial charge in [-0.15, -0.1) is 0 Å². The van der Waals surface area contributed by atoms with Gasteiger partial charge in [0, 0.05) is 24.0 Å². The molecule has 0 spiro atoms. The Morgan fingerprint density at radius 3 is 2.89 bits per heavy atom. The van der Waals surface area contributed by atoms with E-state index in [1.165, 1.54) is 4.40 Å².